The quantitative estimate of drug-likeness (QED) is 0.910. The Morgan fingerprint density at radius 1 is 1.21 bits per heavy atom. The van der Waals surface area contributed by atoms with Gasteiger partial charge in [-0.05, 0) is 30.0 Å². The number of fused-ring (bicyclic) bond motifs is 1. The first-order valence-corrected chi connectivity index (χ1v) is 6.61. The van der Waals surface area contributed by atoms with Gasteiger partial charge in [0.2, 0.25) is 0 Å². The number of aromatic nitrogens is 3. The second kappa shape index (κ2) is 4.15. The Labute approximate surface area is 110 Å². The fourth-order valence-electron chi connectivity index (χ4n) is 2.66. The van der Waals surface area contributed by atoms with E-state index in [0.717, 1.165) is 24.2 Å². The molecule has 2 heterocycles. The normalized spacial score (nSPS) is 17.7. The molecule has 5 heteroatoms. The lowest BCUT2D eigenvalue weighted by atomic mass is 10.1. The molecule has 1 saturated carbocycles. The summed E-state index contributed by atoms with van der Waals surface area (Å²) in [6, 6.07) is 6.75. The molecule has 2 aromatic rings. The van der Waals surface area contributed by atoms with Crippen LogP contribution in [0.25, 0.3) is 11.4 Å². The molecule has 0 radical (unpaired) electrons. The number of hydrogen-bond donors (Lipinski definition) is 1. The lowest BCUT2D eigenvalue weighted by Crippen LogP contribution is -2.03. The molecule has 5 nitrogen and oxygen atoms in total. The fourth-order valence-corrected chi connectivity index (χ4v) is 2.66. The second-order valence-electron chi connectivity index (χ2n) is 5.18. The molecular weight excluding hydrogens is 242 g/mol. The van der Waals surface area contributed by atoms with E-state index in [2.05, 4.69) is 33.0 Å². The minimum absolute atomic E-state index is 0.0580. The van der Waals surface area contributed by atoms with Crippen LogP contribution in [0.15, 0.2) is 18.2 Å². The van der Waals surface area contributed by atoms with Crippen molar-refractivity contribution in [1.29, 1.82) is 0 Å². The van der Waals surface area contributed by atoms with Gasteiger partial charge in [0.1, 0.15) is 6.61 Å². The molecule has 0 bridgehead atoms. The van der Waals surface area contributed by atoms with Crippen molar-refractivity contribution in [3.8, 4) is 11.4 Å². The predicted molar refractivity (Wildman–Crippen MR) is 68.1 cm³/mol. The van der Waals surface area contributed by atoms with Gasteiger partial charge in [-0.15, -0.1) is 10.2 Å². The van der Waals surface area contributed by atoms with Crippen molar-refractivity contribution >= 4 is 0 Å². The molecular formula is C14H15N3O2. The van der Waals surface area contributed by atoms with E-state index in [0.29, 0.717) is 25.1 Å². The largest absolute Gasteiger partial charge is 0.388 e. The highest BCUT2D eigenvalue weighted by molar-refractivity contribution is 5.58. The van der Waals surface area contributed by atoms with Crippen LogP contribution in [-0.2, 0) is 24.6 Å². The molecule has 98 valence electrons. The zero-order valence-electron chi connectivity index (χ0n) is 10.5. The third kappa shape index (κ3) is 1.77. The van der Waals surface area contributed by atoms with Crippen molar-refractivity contribution in [2.24, 2.45) is 0 Å². The Morgan fingerprint density at radius 2 is 2.05 bits per heavy atom. The molecule has 1 aliphatic carbocycles. The standard InChI is InChI=1S/C14H15N3O2/c18-6-13-15-16-14(17(13)12-3-4-12)9-1-2-10-7-19-8-11(10)5-9/h1-2,5,12,18H,3-4,6-8H2. The summed E-state index contributed by atoms with van der Waals surface area (Å²) in [5.41, 5.74) is 3.54. The first kappa shape index (κ1) is 11.1. The third-order valence-electron chi connectivity index (χ3n) is 3.80. The van der Waals surface area contributed by atoms with Gasteiger partial charge < -0.3 is 14.4 Å². The van der Waals surface area contributed by atoms with Crippen LogP contribution in [0.4, 0.5) is 0 Å². The van der Waals surface area contributed by atoms with Gasteiger partial charge in [0.15, 0.2) is 11.6 Å². The number of ether oxygens (including phenoxy) is 1. The maximum atomic E-state index is 9.37. The van der Waals surface area contributed by atoms with Crippen molar-refractivity contribution in [2.45, 2.75) is 38.7 Å². The molecule has 0 unspecified atom stereocenters. The molecule has 0 saturated heterocycles. The molecule has 1 fully saturated rings. The lowest BCUT2D eigenvalue weighted by Gasteiger charge is -2.08. The number of benzene rings is 1. The Kier molecular flexibility index (Phi) is 2.43. The molecule has 1 aliphatic heterocycles. The van der Waals surface area contributed by atoms with E-state index in [1.807, 2.05) is 0 Å². The number of rotatable bonds is 3. The van der Waals surface area contributed by atoms with Crippen LogP contribution in [0.1, 0.15) is 35.8 Å². The average molecular weight is 257 g/mol. The summed E-state index contributed by atoms with van der Waals surface area (Å²) < 4.78 is 7.52. The molecule has 2 aliphatic rings. The van der Waals surface area contributed by atoms with Gasteiger partial charge >= 0.3 is 0 Å². The molecule has 19 heavy (non-hydrogen) atoms. The van der Waals surface area contributed by atoms with E-state index in [-0.39, 0.29) is 6.61 Å². The summed E-state index contributed by atoms with van der Waals surface area (Å²) in [7, 11) is 0. The maximum Gasteiger partial charge on any atom is 0.164 e. The molecule has 1 aromatic heterocycles. The summed E-state index contributed by atoms with van der Waals surface area (Å²) in [6.07, 6.45) is 2.29. The van der Waals surface area contributed by atoms with Crippen molar-refractivity contribution < 1.29 is 9.84 Å². The smallest absolute Gasteiger partial charge is 0.164 e. The highest BCUT2D eigenvalue weighted by Gasteiger charge is 2.29. The Bertz CT molecular complexity index is 632. The van der Waals surface area contributed by atoms with Gasteiger partial charge in [0.25, 0.3) is 0 Å². The van der Waals surface area contributed by atoms with Crippen LogP contribution in [0.3, 0.4) is 0 Å². The average Bonchev–Trinajstić information content (AvgIpc) is 3.02. The van der Waals surface area contributed by atoms with E-state index in [1.165, 1.54) is 11.1 Å². The molecule has 1 N–H and O–H groups in total. The molecule has 0 spiro atoms. The van der Waals surface area contributed by atoms with Gasteiger partial charge in [-0.25, -0.2) is 0 Å². The number of nitrogens with zero attached hydrogens (tertiary/aromatic N) is 3. The third-order valence-corrected chi connectivity index (χ3v) is 3.80. The topological polar surface area (TPSA) is 60.2 Å². The predicted octanol–water partition coefficient (Wildman–Crippen LogP) is 1.80. The van der Waals surface area contributed by atoms with Crippen molar-refractivity contribution in [3.05, 3.63) is 35.2 Å². The van der Waals surface area contributed by atoms with Gasteiger partial charge in [-0.2, -0.15) is 0 Å². The number of aliphatic hydroxyl groups is 1. The Balaban J connectivity index is 1.81. The highest BCUT2D eigenvalue weighted by Crippen LogP contribution is 2.39. The summed E-state index contributed by atoms with van der Waals surface area (Å²) in [4.78, 5) is 0. The summed E-state index contributed by atoms with van der Waals surface area (Å²) in [5.74, 6) is 1.52. The van der Waals surface area contributed by atoms with Crippen LogP contribution in [0, 0.1) is 0 Å². The Morgan fingerprint density at radius 3 is 2.84 bits per heavy atom. The molecule has 0 amide bonds. The lowest BCUT2D eigenvalue weighted by molar-refractivity contribution is 0.134. The van der Waals surface area contributed by atoms with Crippen LogP contribution >= 0.6 is 0 Å². The van der Waals surface area contributed by atoms with Gasteiger partial charge in [0.05, 0.1) is 13.2 Å². The van der Waals surface area contributed by atoms with E-state index in [9.17, 15) is 5.11 Å². The monoisotopic (exact) mass is 257 g/mol. The van der Waals surface area contributed by atoms with Crippen LogP contribution < -0.4 is 0 Å². The van der Waals surface area contributed by atoms with Crippen molar-refractivity contribution in [2.75, 3.05) is 0 Å². The van der Waals surface area contributed by atoms with Gasteiger partial charge in [-0.1, -0.05) is 12.1 Å². The van der Waals surface area contributed by atoms with Gasteiger partial charge in [0, 0.05) is 11.6 Å². The van der Waals surface area contributed by atoms with Gasteiger partial charge in [-0.3, -0.25) is 0 Å². The minimum Gasteiger partial charge on any atom is -0.388 e. The maximum absolute atomic E-state index is 9.37. The zero-order valence-corrected chi connectivity index (χ0v) is 10.5. The van der Waals surface area contributed by atoms with E-state index in [1.54, 1.807) is 0 Å². The van der Waals surface area contributed by atoms with E-state index >= 15 is 0 Å². The SMILES string of the molecule is OCc1nnc(-c2ccc3c(c2)COC3)n1C1CC1. The highest BCUT2D eigenvalue weighted by atomic mass is 16.5. The Hall–Kier alpha value is -1.72. The van der Waals surface area contributed by atoms with Crippen molar-refractivity contribution in [1.82, 2.24) is 14.8 Å². The van der Waals surface area contributed by atoms with Crippen molar-refractivity contribution in [3.63, 3.8) is 0 Å². The summed E-state index contributed by atoms with van der Waals surface area (Å²) in [5, 5.41) is 17.7. The molecule has 1 aromatic carbocycles. The zero-order chi connectivity index (χ0) is 12.8. The number of hydrogen-bond acceptors (Lipinski definition) is 4. The first-order valence-electron chi connectivity index (χ1n) is 6.61. The number of aliphatic hydroxyl groups excluding tert-OH is 1. The van der Waals surface area contributed by atoms with E-state index in [4.69, 9.17) is 4.74 Å². The van der Waals surface area contributed by atoms with E-state index < -0.39 is 0 Å². The molecule has 0 atom stereocenters. The second-order valence-corrected chi connectivity index (χ2v) is 5.18. The summed E-state index contributed by atoms with van der Waals surface area (Å²) in [6.45, 7) is 1.32. The first-order chi connectivity index (χ1) is 9.36. The van der Waals surface area contributed by atoms with Crippen LogP contribution in [0.2, 0.25) is 0 Å². The fraction of sp³-hybridized carbons (Fsp3) is 0.429. The summed E-state index contributed by atoms with van der Waals surface area (Å²) >= 11 is 0. The molecule has 4 rings (SSSR count). The van der Waals surface area contributed by atoms with Crippen LogP contribution in [-0.4, -0.2) is 19.9 Å². The van der Waals surface area contributed by atoms with Crippen LogP contribution in [0.5, 0.6) is 0 Å². The minimum atomic E-state index is -0.0580.